The third-order valence-corrected chi connectivity index (χ3v) is 3.33. The van der Waals surface area contributed by atoms with E-state index in [-0.39, 0.29) is 12.5 Å². The highest BCUT2D eigenvalue weighted by molar-refractivity contribution is 5.96. The van der Waals surface area contributed by atoms with Gasteiger partial charge in [-0.05, 0) is 18.9 Å². The number of carbonyl (C=O) groups is 1. The van der Waals surface area contributed by atoms with Gasteiger partial charge in [0.25, 0.3) is 5.91 Å². The van der Waals surface area contributed by atoms with Crippen molar-refractivity contribution < 1.29 is 4.79 Å². The molecule has 1 aliphatic rings. The monoisotopic (exact) mass is 257 g/mol. The predicted octanol–water partition coefficient (Wildman–Crippen LogP) is 1.45. The number of hydrogen-bond donors (Lipinski definition) is 2. The molecular weight excluding hydrogens is 238 g/mol. The first-order valence-electron chi connectivity index (χ1n) is 6.75. The van der Waals surface area contributed by atoms with Crippen molar-refractivity contribution in [3.05, 3.63) is 29.6 Å². The SMILES string of the molecule is NCC#Cc1cnccc1C(=O)NC1CCCCC1. The van der Waals surface area contributed by atoms with Crippen molar-refractivity contribution >= 4 is 5.91 Å². The second-order valence-electron chi connectivity index (χ2n) is 4.74. The average molecular weight is 257 g/mol. The van der Waals surface area contributed by atoms with Gasteiger partial charge in [-0.3, -0.25) is 9.78 Å². The normalized spacial score (nSPS) is 15.4. The third kappa shape index (κ3) is 3.80. The number of carbonyl (C=O) groups excluding carboxylic acids is 1. The van der Waals surface area contributed by atoms with Gasteiger partial charge < -0.3 is 11.1 Å². The van der Waals surface area contributed by atoms with Crippen LogP contribution in [0.4, 0.5) is 0 Å². The van der Waals surface area contributed by atoms with Crippen LogP contribution < -0.4 is 11.1 Å². The molecule has 1 fully saturated rings. The Morgan fingerprint density at radius 1 is 1.42 bits per heavy atom. The molecule has 1 saturated carbocycles. The molecule has 100 valence electrons. The van der Waals surface area contributed by atoms with Crippen LogP contribution in [-0.2, 0) is 0 Å². The summed E-state index contributed by atoms with van der Waals surface area (Å²) in [6.07, 6.45) is 9.03. The van der Waals surface area contributed by atoms with E-state index in [1.54, 1.807) is 18.5 Å². The second-order valence-corrected chi connectivity index (χ2v) is 4.74. The van der Waals surface area contributed by atoms with Crippen LogP contribution in [0.15, 0.2) is 18.5 Å². The molecule has 0 aliphatic heterocycles. The molecule has 4 nitrogen and oxygen atoms in total. The summed E-state index contributed by atoms with van der Waals surface area (Å²) in [5, 5.41) is 3.09. The summed E-state index contributed by atoms with van der Waals surface area (Å²) < 4.78 is 0. The minimum atomic E-state index is -0.0596. The van der Waals surface area contributed by atoms with Crippen LogP contribution in [0.3, 0.4) is 0 Å². The van der Waals surface area contributed by atoms with E-state index in [0.717, 1.165) is 12.8 Å². The number of rotatable bonds is 2. The summed E-state index contributed by atoms with van der Waals surface area (Å²) in [5.74, 6) is 5.59. The first kappa shape index (κ1) is 13.6. The molecular formula is C15H19N3O. The van der Waals surface area contributed by atoms with Gasteiger partial charge in [0, 0.05) is 18.4 Å². The van der Waals surface area contributed by atoms with Crippen molar-refractivity contribution in [2.24, 2.45) is 5.73 Å². The summed E-state index contributed by atoms with van der Waals surface area (Å²) in [6, 6.07) is 2.00. The van der Waals surface area contributed by atoms with Gasteiger partial charge in [0.05, 0.1) is 17.7 Å². The molecule has 0 radical (unpaired) electrons. The Hall–Kier alpha value is -1.86. The van der Waals surface area contributed by atoms with Crippen molar-refractivity contribution in [1.82, 2.24) is 10.3 Å². The maximum absolute atomic E-state index is 12.3. The van der Waals surface area contributed by atoms with Crippen LogP contribution >= 0.6 is 0 Å². The number of hydrogen-bond acceptors (Lipinski definition) is 3. The molecule has 0 atom stereocenters. The summed E-state index contributed by atoms with van der Waals surface area (Å²) >= 11 is 0. The van der Waals surface area contributed by atoms with E-state index in [4.69, 9.17) is 5.73 Å². The smallest absolute Gasteiger partial charge is 0.252 e. The zero-order valence-electron chi connectivity index (χ0n) is 11.0. The lowest BCUT2D eigenvalue weighted by molar-refractivity contribution is 0.0927. The van der Waals surface area contributed by atoms with Crippen LogP contribution in [0.2, 0.25) is 0 Å². The molecule has 0 unspecified atom stereocenters. The molecule has 1 aliphatic carbocycles. The number of amides is 1. The van der Waals surface area contributed by atoms with E-state index in [1.807, 2.05) is 0 Å². The van der Waals surface area contributed by atoms with Crippen molar-refractivity contribution in [2.75, 3.05) is 6.54 Å². The Morgan fingerprint density at radius 3 is 2.95 bits per heavy atom. The summed E-state index contributed by atoms with van der Waals surface area (Å²) in [4.78, 5) is 16.3. The molecule has 0 spiro atoms. The quantitative estimate of drug-likeness (QED) is 0.788. The lowest BCUT2D eigenvalue weighted by Gasteiger charge is -2.22. The lowest BCUT2D eigenvalue weighted by atomic mass is 9.95. The molecule has 4 heteroatoms. The number of nitrogens with zero attached hydrogens (tertiary/aromatic N) is 1. The Kier molecular flexibility index (Phi) is 4.93. The maximum Gasteiger partial charge on any atom is 0.252 e. The van der Waals surface area contributed by atoms with Gasteiger partial charge in [-0.1, -0.05) is 31.1 Å². The molecule has 0 saturated heterocycles. The minimum Gasteiger partial charge on any atom is -0.349 e. The molecule has 2 rings (SSSR count). The van der Waals surface area contributed by atoms with E-state index in [0.29, 0.717) is 17.2 Å². The van der Waals surface area contributed by atoms with Crippen molar-refractivity contribution in [3.8, 4) is 11.8 Å². The van der Waals surface area contributed by atoms with E-state index in [1.165, 1.54) is 19.3 Å². The van der Waals surface area contributed by atoms with Gasteiger partial charge in [0.2, 0.25) is 0 Å². The number of pyridine rings is 1. The van der Waals surface area contributed by atoms with Crippen molar-refractivity contribution in [2.45, 2.75) is 38.1 Å². The largest absolute Gasteiger partial charge is 0.349 e. The van der Waals surface area contributed by atoms with Crippen LogP contribution in [0.5, 0.6) is 0 Å². The molecule has 1 aromatic heterocycles. The Morgan fingerprint density at radius 2 is 2.21 bits per heavy atom. The zero-order valence-corrected chi connectivity index (χ0v) is 11.0. The minimum absolute atomic E-state index is 0.0596. The highest BCUT2D eigenvalue weighted by Crippen LogP contribution is 2.18. The highest BCUT2D eigenvalue weighted by atomic mass is 16.1. The second kappa shape index (κ2) is 6.91. The molecule has 1 aromatic rings. The van der Waals surface area contributed by atoms with E-state index >= 15 is 0 Å². The average Bonchev–Trinajstić information content (AvgIpc) is 2.46. The predicted molar refractivity (Wildman–Crippen MR) is 74.5 cm³/mol. The molecule has 0 bridgehead atoms. The van der Waals surface area contributed by atoms with E-state index in [9.17, 15) is 4.79 Å². The van der Waals surface area contributed by atoms with Gasteiger partial charge in [-0.2, -0.15) is 0 Å². The van der Waals surface area contributed by atoms with Gasteiger partial charge in [0.1, 0.15) is 0 Å². The van der Waals surface area contributed by atoms with Crippen LogP contribution in [0.1, 0.15) is 48.0 Å². The Balaban J connectivity index is 2.09. The highest BCUT2D eigenvalue weighted by Gasteiger charge is 2.17. The standard InChI is InChI=1S/C15H19N3O/c16-9-4-5-12-11-17-10-8-14(12)15(19)18-13-6-2-1-3-7-13/h8,10-11,13H,1-3,6-7,9,16H2,(H,18,19). The number of nitrogens with one attached hydrogen (secondary N) is 1. The topological polar surface area (TPSA) is 68.0 Å². The summed E-state index contributed by atoms with van der Waals surface area (Å²) in [6.45, 7) is 0.276. The van der Waals surface area contributed by atoms with Crippen molar-refractivity contribution in [3.63, 3.8) is 0 Å². The molecule has 1 heterocycles. The van der Waals surface area contributed by atoms with Crippen LogP contribution in [0, 0.1) is 11.8 Å². The fraction of sp³-hybridized carbons (Fsp3) is 0.467. The lowest BCUT2D eigenvalue weighted by Crippen LogP contribution is -2.36. The fourth-order valence-corrected chi connectivity index (χ4v) is 2.35. The van der Waals surface area contributed by atoms with E-state index < -0.39 is 0 Å². The van der Waals surface area contributed by atoms with E-state index in [2.05, 4.69) is 22.1 Å². The van der Waals surface area contributed by atoms with Crippen molar-refractivity contribution in [1.29, 1.82) is 0 Å². The van der Waals surface area contributed by atoms with Gasteiger partial charge >= 0.3 is 0 Å². The number of nitrogens with two attached hydrogens (primary N) is 1. The van der Waals surface area contributed by atoms with Crippen LogP contribution in [-0.4, -0.2) is 23.5 Å². The van der Waals surface area contributed by atoms with Gasteiger partial charge in [-0.15, -0.1) is 0 Å². The first-order valence-corrected chi connectivity index (χ1v) is 6.75. The Bertz CT molecular complexity index is 496. The molecule has 3 N–H and O–H groups in total. The molecule has 19 heavy (non-hydrogen) atoms. The first-order chi connectivity index (χ1) is 9.31. The molecule has 1 amide bonds. The van der Waals surface area contributed by atoms with Gasteiger partial charge in [-0.25, -0.2) is 0 Å². The third-order valence-electron chi connectivity index (χ3n) is 3.33. The maximum atomic E-state index is 12.3. The summed E-state index contributed by atoms with van der Waals surface area (Å²) in [7, 11) is 0. The number of aromatic nitrogens is 1. The zero-order chi connectivity index (χ0) is 13.5. The fourth-order valence-electron chi connectivity index (χ4n) is 2.35. The van der Waals surface area contributed by atoms with Crippen LogP contribution in [0.25, 0.3) is 0 Å². The summed E-state index contributed by atoms with van der Waals surface area (Å²) in [5.41, 5.74) is 6.58. The van der Waals surface area contributed by atoms with Gasteiger partial charge in [0.15, 0.2) is 0 Å². The molecule has 0 aromatic carbocycles. The Labute approximate surface area is 113 Å².